The molecule has 0 aliphatic rings. The summed E-state index contributed by atoms with van der Waals surface area (Å²) in [6.45, 7) is 1.32. The van der Waals surface area contributed by atoms with Gasteiger partial charge in [0.15, 0.2) is 0 Å². The van der Waals surface area contributed by atoms with Crippen molar-refractivity contribution in [3.8, 4) is 0 Å². The second-order valence-electron chi connectivity index (χ2n) is 11.5. The molecule has 1 unspecified atom stereocenters. The third-order valence-electron chi connectivity index (χ3n) is 7.53. The maximum atomic E-state index is 12.5. The van der Waals surface area contributed by atoms with Crippen LogP contribution in [0.25, 0.3) is 0 Å². The molecule has 4 nitrogen and oxygen atoms in total. The van der Waals surface area contributed by atoms with Gasteiger partial charge in [0.1, 0.15) is 12.6 Å². The van der Waals surface area contributed by atoms with Crippen LogP contribution >= 0.6 is 22.6 Å². The van der Waals surface area contributed by atoms with Crippen molar-refractivity contribution in [2.45, 2.75) is 200 Å². The van der Waals surface area contributed by atoms with Gasteiger partial charge in [0, 0.05) is 20.0 Å². The van der Waals surface area contributed by atoms with E-state index in [0.717, 1.165) is 38.5 Å². The van der Waals surface area contributed by atoms with Gasteiger partial charge >= 0.3 is 11.9 Å². The fourth-order valence-electron chi connectivity index (χ4n) is 4.95. The number of esters is 2. The number of halogens is 1. The Morgan fingerprint density at radius 3 is 1.18 bits per heavy atom. The molecular formula is C35H67IO4. The van der Waals surface area contributed by atoms with Gasteiger partial charge in [-0.25, -0.2) is 0 Å². The number of unbranched alkanes of at least 4 members (excludes halogenated alkanes) is 24. The summed E-state index contributed by atoms with van der Waals surface area (Å²) in [6, 6.07) is 0. The van der Waals surface area contributed by atoms with Gasteiger partial charge in [-0.15, -0.1) is 0 Å². The molecule has 0 spiro atoms. The van der Waals surface area contributed by atoms with E-state index in [-0.39, 0.29) is 12.8 Å². The molecule has 40 heavy (non-hydrogen) atoms. The number of hydrogen-bond acceptors (Lipinski definition) is 4. The van der Waals surface area contributed by atoms with Gasteiger partial charge in [-0.1, -0.05) is 191 Å². The summed E-state index contributed by atoms with van der Waals surface area (Å²) in [6.07, 6.45) is 27.0. The van der Waals surface area contributed by atoms with Crippen molar-refractivity contribution in [1.29, 1.82) is 0 Å². The highest BCUT2D eigenvalue weighted by molar-refractivity contribution is 14.1. The summed E-state index contributed by atoms with van der Waals surface area (Å²) < 4.78 is 48.4. The molecule has 238 valence electrons. The van der Waals surface area contributed by atoms with Gasteiger partial charge in [0.2, 0.25) is 0 Å². The summed E-state index contributed by atoms with van der Waals surface area (Å²) in [5, 5.41) is 0. The molecule has 0 amide bonds. The Hall–Kier alpha value is -0.330. The van der Waals surface area contributed by atoms with Crippen LogP contribution < -0.4 is 0 Å². The molecule has 0 saturated carbocycles. The van der Waals surface area contributed by atoms with Gasteiger partial charge in [-0.3, -0.25) is 9.59 Å². The lowest BCUT2D eigenvalue weighted by Gasteiger charge is -2.15. The minimum atomic E-state index is -3.14. The highest BCUT2D eigenvalue weighted by Crippen LogP contribution is 2.15. The van der Waals surface area contributed by atoms with Crippen molar-refractivity contribution in [3.63, 3.8) is 0 Å². The minimum absolute atomic E-state index is 0.0233. The minimum Gasteiger partial charge on any atom is -0.462 e. The number of hydrogen-bond donors (Lipinski definition) is 0. The summed E-state index contributed by atoms with van der Waals surface area (Å²) in [5.74, 6) is -1.71. The van der Waals surface area contributed by atoms with E-state index in [1.165, 1.54) is 138 Å². The molecule has 1 atom stereocenters. The first-order chi connectivity index (χ1) is 21.4. The number of ether oxygens (including phenoxy) is 2. The average molecular weight is 684 g/mol. The normalized spacial score (nSPS) is 15.3. The van der Waals surface area contributed by atoms with Gasteiger partial charge in [0.25, 0.3) is 0 Å². The third kappa shape index (κ3) is 30.6. The molecule has 0 fully saturated rings. The van der Waals surface area contributed by atoms with Crippen molar-refractivity contribution in [3.05, 3.63) is 0 Å². The van der Waals surface area contributed by atoms with Crippen molar-refractivity contribution < 1.29 is 25.9 Å². The molecular weight excluding hydrogens is 611 g/mol. The number of carbonyl (C=O) groups is 2. The smallest absolute Gasteiger partial charge is 0.306 e. The lowest BCUT2D eigenvalue weighted by atomic mass is 10.0. The third-order valence-corrected chi connectivity index (χ3v) is 8.02. The van der Waals surface area contributed by atoms with E-state index < -0.39 is 29.0 Å². The molecule has 0 aromatic rings. The van der Waals surface area contributed by atoms with E-state index in [1.807, 2.05) is 0 Å². The van der Waals surface area contributed by atoms with E-state index in [2.05, 4.69) is 13.8 Å². The molecule has 0 aliphatic heterocycles. The first kappa shape index (κ1) is 31.1. The quantitative estimate of drug-likeness (QED) is 0.0306. The predicted molar refractivity (Wildman–Crippen MR) is 180 cm³/mol. The topological polar surface area (TPSA) is 52.6 Å². The zero-order chi connectivity index (χ0) is 33.9. The van der Waals surface area contributed by atoms with Crippen LogP contribution in [-0.2, 0) is 19.1 Å². The maximum absolute atomic E-state index is 12.5. The first-order valence-corrected chi connectivity index (χ1v) is 18.1. The first-order valence-electron chi connectivity index (χ1n) is 19.5. The summed E-state index contributed by atoms with van der Waals surface area (Å²) in [5.41, 5.74) is 0. The Morgan fingerprint density at radius 1 is 0.550 bits per heavy atom. The predicted octanol–water partition coefficient (Wildman–Crippen LogP) is 11.8. The maximum Gasteiger partial charge on any atom is 0.306 e. The molecule has 5 heteroatoms. The molecule has 0 aromatic heterocycles. The molecule has 0 rings (SSSR count). The lowest BCUT2D eigenvalue weighted by molar-refractivity contribution is -0.157. The van der Waals surface area contributed by atoms with Crippen LogP contribution in [0.15, 0.2) is 0 Å². The second-order valence-corrected chi connectivity index (χ2v) is 12.0. The van der Waals surface area contributed by atoms with E-state index in [0.29, 0.717) is 12.8 Å². The van der Waals surface area contributed by atoms with Crippen molar-refractivity contribution in [2.24, 2.45) is 0 Å². The number of alkyl halides is 1. The van der Waals surface area contributed by atoms with Crippen molar-refractivity contribution in [2.75, 3.05) is 10.9 Å². The van der Waals surface area contributed by atoms with Crippen molar-refractivity contribution >= 4 is 34.5 Å². The van der Waals surface area contributed by atoms with Gasteiger partial charge < -0.3 is 9.47 Å². The molecule has 0 aromatic carbocycles. The Balaban J connectivity index is 4.24. The molecule has 0 radical (unpaired) electrons. The van der Waals surface area contributed by atoms with Crippen LogP contribution in [-0.4, -0.2) is 29.0 Å². The number of rotatable bonds is 32. The zero-order valence-electron chi connectivity index (χ0n) is 31.3. The lowest BCUT2D eigenvalue weighted by Crippen LogP contribution is -2.26. The van der Waals surface area contributed by atoms with E-state index >= 15 is 0 Å². The van der Waals surface area contributed by atoms with Crippen LogP contribution in [0.3, 0.4) is 0 Å². The Bertz CT molecular complexity index is 735. The van der Waals surface area contributed by atoms with E-state index in [1.54, 1.807) is 0 Å². The Labute approximate surface area is 270 Å². The van der Waals surface area contributed by atoms with E-state index in [9.17, 15) is 9.59 Å². The standard InChI is InChI=1S/C35H67IO4/c1-3-5-7-9-11-13-15-17-19-21-23-25-27-29-34(37)39-32-33(31-36)40-35(38)30-28-26-24-22-20-18-16-14-12-10-8-6-4-2/h33H,3-32H2,1-2H3/i31D2,32D2,33D. The van der Waals surface area contributed by atoms with Crippen LogP contribution in [0.4, 0.5) is 0 Å². The molecule has 0 saturated heterocycles. The van der Waals surface area contributed by atoms with Crippen LogP contribution in [0.1, 0.15) is 200 Å². The molecule has 0 N–H and O–H groups in total. The van der Waals surface area contributed by atoms with Crippen LogP contribution in [0, 0.1) is 0 Å². The fraction of sp³-hybridized carbons (Fsp3) is 0.943. The molecule has 0 aliphatic carbocycles. The van der Waals surface area contributed by atoms with Crippen LogP contribution in [0.2, 0.25) is 0 Å². The van der Waals surface area contributed by atoms with Crippen molar-refractivity contribution in [1.82, 2.24) is 0 Å². The molecule has 0 bridgehead atoms. The average Bonchev–Trinajstić information content (AvgIpc) is 2.97. The molecule has 0 heterocycles. The summed E-state index contributed by atoms with van der Waals surface area (Å²) in [7, 11) is 0. The number of carbonyl (C=O) groups excluding carboxylic acids is 2. The van der Waals surface area contributed by atoms with Gasteiger partial charge in [-0.2, -0.15) is 0 Å². The van der Waals surface area contributed by atoms with Crippen LogP contribution in [0.5, 0.6) is 0 Å². The monoisotopic (exact) mass is 683 g/mol. The summed E-state index contributed by atoms with van der Waals surface area (Å²) >= 11 is 1.24. The fourth-order valence-corrected chi connectivity index (χ4v) is 5.17. The Kier molecular flexibility index (Phi) is 25.8. The second kappa shape index (κ2) is 33.2. The van der Waals surface area contributed by atoms with E-state index in [4.69, 9.17) is 16.3 Å². The van der Waals surface area contributed by atoms with Gasteiger partial charge in [0.05, 0.1) is 4.11 Å². The largest absolute Gasteiger partial charge is 0.462 e. The highest BCUT2D eigenvalue weighted by atomic mass is 127. The van der Waals surface area contributed by atoms with Gasteiger partial charge in [-0.05, 0) is 12.8 Å². The summed E-state index contributed by atoms with van der Waals surface area (Å²) in [4.78, 5) is 24.9. The Morgan fingerprint density at radius 2 is 0.850 bits per heavy atom. The SMILES string of the molecule is [2H]C([2H])(I)C([2H])(OC(=O)CCCCCCCCCCCCCCC)C([2H])([2H])OC(=O)CCCCCCCCCCCCCCC. The highest BCUT2D eigenvalue weighted by Gasteiger charge is 2.15. The zero-order valence-corrected chi connectivity index (χ0v) is 28.5.